The van der Waals surface area contributed by atoms with E-state index in [1.165, 1.54) is 6.92 Å². The van der Waals surface area contributed by atoms with Crippen molar-refractivity contribution >= 4 is 28.3 Å². The van der Waals surface area contributed by atoms with Gasteiger partial charge in [0.15, 0.2) is 5.60 Å². The number of carboxylic acid groups (broad SMARTS) is 2. The maximum atomic E-state index is 11.1. The molecule has 25 heavy (non-hydrogen) atoms. The zero-order valence-corrected chi connectivity index (χ0v) is 23.5. The van der Waals surface area contributed by atoms with Crippen LogP contribution in [0.1, 0.15) is 25.5 Å². The van der Waals surface area contributed by atoms with E-state index >= 15 is 0 Å². The summed E-state index contributed by atoms with van der Waals surface area (Å²) in [6.07, 6.45) is -2.66. The topological polar surface area (TPSA) is 228 Å². The maximum Gasteiger partial charge on any atom is 1.00 e. The monoisotopic (exact) mass is 432 g/mol. The molecule has 0 bridgehead atoms. The Kier molecular flexibility index (Phi) is 38.3. The summed E-state index contributed by atoms with van der Waals surface area (Å²) >= 11 is 0. The third kappa shape index (κ3) is 20.7. The number of hydrogen-bond acceptors (Lipinski definition) is 8. The molecule has 1 atom stereocenters. The molecule has 134 valence electrons. The van der Waals surface area contributed by atoms with E-state index < -0.39 is 46.7 Å². The summed E-state index contributed by atoms with van der Waals surface area (Å²) in [4.78, 5) is 32.2. The molecular weight excluding hydrogens is 412 g/mol. The molecule has 12 nitrogen and oxygen atoms in total. The first-order valence-electron chi connectivity index (χ1n) is 4.81. The molecule has 0 aromatic heterocycles. The fourth-order valence-corrected chi connectivity index (χ4v) is 1.64. The van der Waals surface area contributed by atoms with Crippen molar-refractivity contribution in [3.8, 4) is 0 Å². The zero-order valence-electron chi connectivity index (χ0n) is 18.7. The molecule has 0 aromatic carbocycles. The normalized spacial score (nSPS) is 11.0. The van der Waals surface area contributed by atoms with Gasteiger partial charge in [0.2, 0.25) is 0 Å². The number of carbonyl (C=O) groups excluding carboxylic acids is 1. The smallest absolute Gasteiger partial charge is 1.00 e. The third-order valence-electron chi connectivity index (χ3n) is 1.74. The standard InChI is InChI=1S/C8H12O10S.4Na.2H2O.4H/c1-2-17-19(15,16)18-6(11)4-8(14,7(12)13)3-5(9)10;;;;;;;;;;/h14H,2-4H2,1H3,(H,9,10)(H,12,13);;;;;2*1H2;;;;/q;4*+1;;;4*-1. The zero-order chi connectivity index (χ0) is 15.3. The molecule has 0 rings (SSSR count). The first-order chi connectivity index (χ1) is 8.52. The van der Waals surface area contributed by atoms with Gasteiger partial charge in [-0.05, 0) is 6.92 Å². The Labute approximate surface area is 238 Å². The number of aliphatic carboxylic acids is 2. The van der Waals surface area contributed by atoms with Gasteiger partial charge in [0.1, 0.15) is 0 Å². The summed E-state index contributed by atoms with van der Waals surface area (Å²) in [6, 6.07) is 0. The number of rotatable bonds is 8. The Morgan fingerprint density at radius 1 is 1.00 bits per heavy atom. The Balaban J connectivity index is -0.0000000360. The second-order valence-electron chi connectivity index (χ2n) is 3.35. The Morgan fingerprint density at radius 3 is 1.68 bits per heavy atom. The molecule has 0 amide bonds. The SMILES string of the molecule is CCOS(=O)(=O)OC(=O)CC(O)(CC(=O)O)C(=O)O.O.O.[H-].[H-].[H-].[H-].[Na+].[Na+].[Na+].[Na+]. The van der Waals surface area contributed by atoms with Gasteiger partial charge < -0.3 is 36.2 Å². The van der Waals surface area contributed by atoms with Crippen LogP contribution >= 0.6 is 0 Å². The molecule has 0 aliphatic rings. The van der Waals surface area contributed by atoms with E-state index in [2.05, 4.69) is 8.37 Å². The largest absolute Gasteiger partial charge is 1.00 e. The molecule has 0 saturated heterocycles. The van der Waals surface area contributed by atoms with Gasteiger partial charge >= 0.3 is 147 Å². The van der Waals surface area contributed by atoms with Crippen LogP contribution in [0.25, 0.3) is 0 Å². The van der Waals surface area contributed by atoms with Gasteiger partial charge in [-0.25, -0.2) is 8.98 Å². The molecule has 0 saturated carbocycles. The van der Waals surface area contributed by atoms with Crippen LogP contribution in [-0.4, -0.2) is 64.8 Å². The van der Waals surface area contributed by atoms with Gasteiger partial charge in [-0.2, -0.15) is 8.42 Å². The number of hydrogen-bond donors (Lipinski definition) is 3. The molecule has 0 aliphatic heterocycles. The van der Waals surface area contributed by atoms with Crippen LogP contribution < -0.4 is 118 Å². The van der Waals surface area contributed by atoms with Crippen LogP contribution in [0.15, 0.2) is 0 Å². The van der Waals surface area contributed by atoms with Crippen molar-refractivity contribution < 1.29 is 181 Å². The first kappa shape index (κ1) is 45.8. The predicted molar refractivity (Wildman–Crippen MR) is 67.8 cm³/mol. The van der Waals surface area contributed by atoms with Crippen molar-refractivity contribution in [3.63, 3.8) is 0 Å². The number of aliphatic hydroxyl groups is 1. The molecule has 0 spiro atoms. The second kappa shape index (κ2) is 20.9. The second-order valence-corrected chi connectivity index (χ2v) is 4.57. The van der Waals surface area contributed by atoms with E-state index in [0.717, 1.165) is 0 Å². The fourth-order valence-electron chi connectivity index (χ4n) is 1.01. The van der Waals surface area contributed by atoms with Crippen LogP contribution in [-0.2, 0) is 33.1 Å². The van der Waals surface area contributed by atoms with Crippen LogP contribution in [0.5, 0.6) is 0 Å². The fraction of sp³-hybridized carbons (Fsp3) is 0.625. The number of carboxylic acids is 2. The van der Waals surface area contributed by atoms with Crippen LogP contribution in [0.2, 0.25) is 0 Å². The average molecular weight is 432 g/mol. The molecule has 0 radical (unpaired) electrons. The van der Waals surface area contributed by atoms with Gasteiger partial charge in [0.05, 0.1) is 19.4 Å². The molecule has 0 aliphatic carbocycles. The molecular formula is C8H20Na4O12S. The van der Waals surface area contributed by atoms with Crippen LogP contribution in [0.4, 0.5) is 0 Å². The van der Waals surface area contributed by atoms with Crippen LogP contribution in [0.3, 0.4) is 0 Å². The van der Waals surface area contributed by atoms with Gasteiger partial charge in [0.25, 0.3) is 0 Å². The molecule has 7 N–H and O–H groups in total. The summed E-state index contributed by atoms with van der Waals surface area (Å²) in [5, 5.41) is 26.5. The van der Waals surface area contributed by atoms with Gasteiger partial charge in [-0.3, -0.25) is 9.59 Å². The Bertz CT molecular complexity index is 500. The summed E-state index contributed by atoms with van der Waals surface area (Å²) < 4.78 is 29.7. The van der Waals surface area contributed by atoms with Crippen molar-refractivity contribution in [2.45, 2.75) is 25.4 Å². The van der Waals surface area contributed by atoms with E-state index in [-0.39, 0.29) is 141 Å². The summed E-state index contributed by atoms with van der Waals surface area (Å²) in [7, 11) is -4.66. The van der Waals surface area contributed by atoms with Crippen LogP contribution in [0, 0.1) is 0 Å². The maximum absolute atomic E-state index is 11.1. The van der Waals surface area contributed by atoms with Crippen molar-refractivity contribution in [2.75, 3.05) is 6.61 Å². The van der Waals surface area contributed by atoms with Gasteiger partial charge in [-0.1, -0.05) is 0 Å². The molecule has 0 heterocycles. The van der Waals surface area contributed by atoms with E-state index in [1.54, 1.807) is 0 Å². The minimum atomic E-state index is -4.66. The van der Waals surface area contributed by atoms with E-state index in [1.807, 2.05) is 0 Å². The van der Waals surface area contributed by atoms with Crippen molar-refractivity contribution in [3.05, 3.63) is 0 Å². The quantitative estimate of drug-likeness (QED) is 0.307. The van der Waals surface area contributed by atoms with Gasteiger partial charge in [-0.15, -0.1) is 0 Å². The van der Waals surface area contributed by atoms with E-state index in [9.17, 15) is 27.9 Å². The van der Waals surface area contributed by atoms with Crippen molar-refractivity contribution in [1.82, 2.24) is 0 Å². The molecule has 0 aromatic rings. The van der Waals surface area contributed by atoms with Crippen molar-refractivity contribution in [2.24, 2.45) is 0 Å². The first-order valence-corrected chi connectivity index (χ1v) is 6.15. The summed E-state index contributed by atoms with van der Waals surface area (Å²) in [6.45, 7) is 0.970. The third-order valence-corrected chi connectivity index (χ3v) is 2.65. The Morgan fingerprint density at radius 2 is 1.40 bits per heavy atom. The van der Waals surface area contributed by atoms with E-state index in [0.29, 0.717) is 0 Å². The Hall–Kier alpha value is 2.20. The van der Waals surface area contributed by atoms with E-state index in [4.69, 9.17) is 10.2 Å². The van der Waals surface area contributed by atoms with Gasteiger partial charge in [0, 0.05) is 0 Å². The molecule has 17 heteroatoms. The molecule has 0 fully saturated rings. The minimum Gasteiger partial charge on any atom is -1.00 e. The minimum absolute atomic E-state index is 0. The van der Waals surface area contributed by atoms with Crippen molar-refractivity contribution in [1.29, 1.82) is 0 Å². The summed E-state index contributed by atoms with van der Waals surface area (Å²) in [5.74, 6) is -5.34. The average Bonchev–Trinajstić information content (AvgIpc) is 2.13. The molecule has 1 unspecified atom stereocenters. The predicted octanol–water partition coefficient (Wildman–Crippen LogP) is -14.7. The number of carbonyl (C=O) groups is 3. The summed E-state index contributed by atoms with van der Waals surface area (Å²) in [5.41, 5.74) is -2.97.